The quantitative estimate of drug-likeness (QED) is 0.126. The number of nitrogens with one attached hydrogen (secondary N) is 4. The van der Waals surface area contributed by atoms with Gasteiger partial charge in [-0.2, -0.15) is 5.12 Å². The molecule has 0 bridgehead atoms. The second-order valence-corrected chi connectivity index (χ2v) is 10.6. The molecule has 0 spiro atoms. The van der Waals surface area contributed by atoms with Crippen molar-refractivity contribution in [2.75, 3.05) is 17.7 Å². The summed E-state index contributed by atoms with van der Waals surface area (Å²) in [5, 5.41) is 41.7. The monoisotopic (exact) mass is 683 g/mol. The predicted octanol–water partition coefficient (Wildman–Crippen LogP) is 2.14. The number of imidazole rings is 1. The van der Waals surface area contributed by atoms with E-state index >= 15 is 4.39 Å². The number of methoxy groups -OCH3 is 1. The van der Waals surface area contributed by atoms with Crippen molar-refractivity contribution < 1.29 is 38.5 Å². The van der Waals surface area contributed by atoms with Crippen LogP contribution in [0.3, 0.4) is 0 Å². The van der Waals surface area contributed by atoms with Crippen LogP contribution in [0.1, 0.15) is 48.8 Å². The first-order valence-electron chi connectivity index (χ1n) is 14.7. The number of amides is 2. The smallest absolute Gasteiger partial charge is 0.337 e. The molecule has 0 radical (unpaired) electrons. The Bertz CT molecular complexity index is 2100. The number of amidine groups is 1. The number of hydrazone groups is 2. The number of fused-ring (bicyclic) bond motifs is 1. The van der Waals surface area contributed by atoms with Crippen LogP contribution in [0.2, 0.25) is 0 Å². The second-order valence-electron chi connectivity index (χ2n) is 10.6. The summed E-state index contributed by atoms with van der Waals surface area (Å²) in [5.41, 5.74) is 4.66. The minimum absolute atomic E-state index is 0.0289. The highest BCUT2D eigenvalue weighted by Gasteiger charge is 2.24. The molecule has 0 saturated carbocycles. The summed E-state index contributed by atoms with van der Waals surface area (Å²) in [6.45, 7) is 0. The summed E-state index contributed by atoms with van der Waals surface area (Å²) in [5.74, 6) is -3.99. The number of hydrogen-bond acceptors (Lipinski definition) is 13. The number of hydrogen-bond donors (Lipinski definition) is 6. The van der Waals surface area contributed by atoms with Crippen molar-refractivity contribution in [3.8, 4) is 11.6 Å². The standard InChI is InChI=1S/C31H26FN11O7/c1-50-25-14-19(31(48)49)24(34-28(44)21-5-7-26(37-36-21)42-10-9-33-15-42)12-17(25)4-2-3-16-11-23(18(30(46)47)13-20(16)32)35-29(45)22-6-8-27-38-40-41-43(27)39-22/h5-15,40-41H,2-4H2,1H3,(H,34,44)(H,35,45)(H,46,47)(H,48,49). The largest absolute Gasteiger partial charge is 0.496 e. The average molecular weight is 684 g/mol. The summed E-state index contributed by atoms with van der Waals surface area (Å²) < 4.78 is 22.1. The molecule has 2 amide bonds. The summed E-state index contributed by atoms with van der Waals surface area (Å²) in [7, 11) is 1.36. The Kier molecular flexibility index (Phi) is 9.21. The number of carbonyl (C=O) groups is 4. The summed E-state index contributed by atoms with van der Waals surface area (Å²) in [4.78, 5) is 53.9. The molecule has 0 aliphatic carbocycles. The maximum atomic E-state index is 15.1. The summed E-state index contributed by atoms with van der Waals surface area (Å²) >= 11 is 0. The molecule has 6 rings (SSSR count). The number of carboxylic acid groups (broad SMARTS) is 2. The fourth-order valence-corrected chi connectivity index (χ4v) is 5.04. The van der Waals surface area contributed by atoms with E-state index in [1.807, 2.05) is 0 Å². The van der Waals surface area contributed by atoms with Gasteiger partial charge in [-0.25, -0.2) is 24.5 Å². The van der Waals surface area contributed by atoms with Gasteiger partial charge in [0.2, 0.25) is 0 Å². The number of aromatic nitrogens is 4. The van der Waals surface area contributed by atoms with Gasteiger partial charge in [0, 0.05) is 12.4 Å². The van der Waals surface area contributed by atoms with E-state index in [4.69, 9.17) is 4.74 Å². The Morgan fingerprint density at radius 1 is 0.920 bits per heavy atom. The first-order valence-corrected chi connectivity index (χ1v) is 14.7. The van der Waals surface area contributed by atoms with E-state index < -0.39 is 35.1 Å². The van der Waals surface area contributed by atoms with E-state index in [2.05, 4.69) is 47.1 Å². The first kappa shape index (κ1) is 32.9. The molecule has 6 N–H and O–H groups in total. The minimum Gasteiger partial charge on any atom is -0.496 e. The number of anilines is 2. The maximum Gasteiger partial charge on any atom is 0.337 e. The Labute approximate surface area is 280 Å². The van der Waals surface area contributed by atoms with Crippen LogP contribution in [0.15, 0.2) is 77.5 Å². The third kappa shape index (κ3) is 6.96. The topological polar surface area (TPSA) is 238 Å². The minimum atomic E-state index is -1.45. The van der Waals surface area contributed by atoms with Crippen LogP contribution in [0.4, 0.5) is 15.8 Å². The Morgan fingerprint density at radius 2 is 1.64 bits per heavy atom. The molecule has 0 saturated heterocycles. The Balaban J connectivity index is 1.18. The zero-order chi connectivity index (χ0) is 35.4. The molecule has 0 atom stereocenters. The number of ether oxygens (including phenoxy) is 1. The zero-order valence-electron chi connectivity index (χ0n) is 25.9. The van der Waals surface area contributed by atoms with Crippen molar-refractivity contribution in [2.45, 2.75) is 19.3 Å². The Morgan fingerprint density at radius 3 is 2.32 bits per heavy atom. The highest BCUT2D eigenvalue weighted by atomic mass is 19.1. The van der Waals surface area contributed by atoms with Crippen LogP contribution < -0.4 is 26.4 Å². The van der Waals surface area contributed by atoms with Crippen LogP contribution in [0.25, 0.3) is 5.82 Å². The van der Waals surface area contributed by atoms with E-state index in [0.717, 1.165) is 6.07 Å². The number of halogens is 1. The van der Waals surface area contributed by atoms with Crippen molar-refractivity contribution in [1.29, 1.82) is 0 Å². The molecule has 2 aromatic carbocycles. The van der Waals surface area contributed by atoms with Gasteiger partial charge in [-0.3, -0.25) is 14.2 Å². The molecule has 0 unspecified atom stereocenters. The van der Waals surface area contributed by atoms with Crippen LogP contribution in [-0.2, 0) is 17.6 Å². The number of rotatable bonds is 12. The van der Waals surface area contributed by atoms with Crippen LogP contribution in [0, 0.1) is 5.82 Å². The van der Waals surface area contributed by atoms with Crippen molar-refractivity contribution in [3.05, 3.63) is 101 Å². The van der Waals surface area contributed by atoms with Gasteiger partial charge in [-0.1, -0.05) is 0 Å². The molecular weight excluding hydrogens is 657 g/mol. The van der Waals surface area contributed by atoms with Gasteiger partial charge in [-0.15, -0.1) is 25.9 Å². The summed E-state index contributed by atoms with van der Waals surface area (Å²) in [6.07, 6.45) is 8.21. The molecule has 2 aromatic heterocycles. The predicted molar refractivity (Wildman–Crippen MR) is 173 cm³/mol. The SMILES string of the molecule is COc1cc(C(=O)O)c(NC(=O)c2ccc(-n3ccnc3)nn2)cc1CCCc1cc(NC(=O)C2=NN3NNN=C3C=C2)c(C(=O)O)cc1F. The van der Waals surface area contributed by atoms with Crippen molar-refractivity contribution in [2.24, 2.45) is 10.2 Å². The van der Waals surface area contributed by atoms with Gasteiger partial charge in [0.1, 0.15) is 17.9 Å². The molecule has 0 fully saturated rings. The number of carbonyl (C=O) groups excluding carboxylic acids is 2. The first-order chi connectivity index (χ1) is 24.1. The number of benzene rings is 2. The van der Waals surface area contributed by atoms with E-state index in [1.54, 1.807) is 23.0 Å². The molecular formula is C31H26FN11O7. The molecule has 18 nitrogen and oxygen atoms in total. The fraction of sp³-hybridized carbons (Fsp3) is 0.129. The maximum absolute atomic E-state index is 15.1. The zero-order valence-corrected chi connectivity index (χ0v) is 25.9. The lowest BCUT2D eigenvalue weighted by Crippen LogP contribution is -2.40. The lowest BCUT2D eigenvalue weighted by atomic mass is 9.98. The fourth-order valence-electron chi connectivity index (χ4n) is 5.04. The Hall–Kier alpha value is -7.02. The van der Waals surface area contributed by atoms with Gasteiger partial charge in [0.15, 0.2) is 23.1 Å². The van der Waals surface area contributed by atoms with Gasteiger partial charge in [-0.05, 0) is 78.9 Å². The highest BCUT2D eigenvalue weighted by Crippen LogP contribution is 2.30. The number of nitrogens with zero attached hydrogens (tertiary/aromatic N) is 7. The van der Waals surface area contributed by atoms with Crippen LogP contribution >= 0.6 is 0 Å². The van der Waals surface area contributed by atoms with Crippen molar-refractivity contribution >= 4 is 46.7 Å². The van der Waals surface area contributed by atoms with E-state index in [0.29, 0.717) is 17.2 Å². The average Bonchev–Trinajstić information content (AvgIpc) is 3.82. The van der Waals surface area contributed by atoms with Gasteiger partial charge >= 0.3 is 11.9 Å². The third-order valence-corrected chi connectivity index (χ3v) is 7.48. The molecule has 2 aliphatic heterocycles. The van der Waals surface area contributed by atoms with E-state index in [-0.39, 0.29) is 58.9 Å². The van der Waals surface area contributed by atoms with E-state index in [9.17, 15) is 29.4 Å². The van der Waals surface area contributed by atoms with Crippen molar-refractivity contribution in [3.63, 3.8) is 0 Å². The van der Waals surface area contributed by atoms with Gasteiger partial charge < -0.3 is 25.6 Å². The van der Waals surface area contributed by atoms with E-state index in [1.165, 1.54) is 55.0 Å². The van der Waals surface area contributed by atoms with Gasteiger partial charge in [0.05, 0.1) is 29.6 Å². The normalized spacial score (nSPS) is 13.1. The third-order valence-electron chi connectivity index (χ3n) is 7.48. The molecule has 19 heteroatoms. The van der Waals surface area contributed by atoms with Crippen LogP contribution in [0.5, 0.6) is 5.75 Å². The van der Waals surface area contributed by atoms with Gasteiger partial charge in [0.25, 0.3) is 11.8 Å². The number of hydrazine groups is 2. The molecule has 2 aliphatic rings. The van der Waals surface area contributed by atoms with Crippen LogP contribution in [-0.4, -0.2) is 77.5 Å². The van der Waals surface area contributed by atoms with Crippen molar-refractivity contribution in [1.82, 2.24) is 35.9 Å². The molecule has 50 heavy (non-hydrogen) atoms. The second kappa shape index (κ2) is 14.0. The summed E-state index contributed by atoms with van der Waals surface area (Å²) in [6, 6.07) is 7.75. The number of aryl methyl sites for hydroxylation is 2. The molecule has 4 heterocycles. The number of carboxylic acids is 2. The lowest BCUT2D eigenvalue weighted by Gasteiger charge is -2.17. The highest BCUT2D eigenvalue weighted by molar-refractivity contribution is 6.48. The lowest BCUT2D eigenvalue weighted by molar-refractivity contribution is -0.110. The molecule has 4 aromatic rings. The number of aromatic carboxylic acids is 2. The molecule has 254 valence electrons.